The second-order valence-electron chi connectivity index (χ2n) is 13.9. The minimum Gasteiger partial charge on any atom is -0.330 e. The van der Waals surface area contributed by atoms with Crippen LogP contribution in [0.15, 0.2) is 0 Å². The molecule has 14 nitrogen and oxygen atoms in total. The molecule has 0 saturated carbocycles. The first-order chi connectivity index (χ1) is 24.5. The van der Waals surface area contributed by atoms with Crippen LogP contribution < -0.4 is 45.9 Å². The highest BCUT2D eigenvalue weighted by atomic mass is 15.2. The van der Waals surface area contributed by atoms with Gasteiger partial charge in [0.1, 0.15) is 0 Å². The molecular formula is C36H88N14. The molecule has 0 saturated heterocycles. The van der Waals surface area contributed by atoms with Gasteiger partial charge in [-0.1, -0.05) is 0 Å². The van der Waals surface area contributed by atoms with Crippen LogP contribution in [0.2, 0.25) is 0 Å². The highest BCUT2D eigenvalue weighted by molar-refractivity contribution is 4.69. The molecule has 0 heterocycles. The van der Waals surface area contributed by atoms with Gasteiger partial charge in [0.15, 0.2) is 0 Å². The van der Waals surface area contributed by atoms with Crippen molar-refractivity contribution >= 4 is 0 Å². The molecule has 50 heavy (non-hydrogen) atoms. The van der Waals surface area contributed by atoms with Crippen molar-refractivity contribution in [1.82, 2.24) is 29.4 Å². The topological polar surface area (TPSA) is 228 Å². The normalized spacial score (nSPS) is 12.4. The molecule has 0 spiro atoms. The van der Waals surface area contributed by atoms with E-state index in [4.69, 9.17) is 45.9 Å². The average Bonchev–Trinajstić information content (AvgIpc) is 3.11. The second kappa shape index (κ2) is 38.2. The molecule has 0 atom stereocenters. The van der Waals surface area contributed by atoms with E-state index in [-0.39, 0.29) is 0 Å². The van der Waals surface area contributed by atoms with Crippen molar-refractivity contribution in [3.63, 3.8) is 0 Å². The van der Waals surface area contributed by atoms with Crippen LogP contribution in [0.3, 0.4) is 0 Å². The Bertz CT molecular complexity index is 562. The molecule has 0 aromatic heterocycles. The van der Waals surface area contributed by atoms with Crippen molar-refractivity contribution in [2.45, 2.75) is 64.2 Å². The molecule has 14 heteroatoms. The number of hydrogen-bond acceptors (Lipinski definition) is 14. The van der Waals surface area contributed by atoms with Crippen LogP contribution in [0.5, 0.6) is 0 Å². The summed E-state index contributed by atoms with van der Waals surface area (Å²) in [6.45, 7) is 24.7. The van der Waals surface area contributed by atoms with Gasteiger partial charge in [0.25, 0.3) is 0 Å². The molecule has 302 valence electrons. The summed E-state index contributed by atoms with van der Waals surface area (Å²) < 4.78 is 0. The number of rotatable bonds is 41. The van der Waals surface area contributed by atoms with Crippen LogP contribution in [-0.4, -0.2) is 200 Å². The van der Waals surface area contributed by atoms with Crippen LogP contribution in [0, 0.1) is 0 Å². The summed E-state index contributed by atoms with van der Waals surface area (Å²) in [6, 6.07) is 0. The van der Waals surface area contributed by atoms with E-state index in [0.717, 1.165) is 195 Å². The fourth-order valence-electron chi connectivity index (χ4n) is 6.74. The van der Waals surface area contributed by atoms with Gasteiger partial charge in [0.05, 0.1) is 0 Å². The van der Waals surface area contributed by atoms with Crippen LogP contribution in [0.25, 0.3) is 0 Å². The van der Waals surface area contributed by atoms with E-state index in [0.29, 0.717) is 26.2 Å². The average molecular weight is 717 g/mol. The standard InChI is InChI=1S/C36H88N14/c37-11-3-21-47(33-15-41)29-7-25-45(26-8-30-48(34-16-42)22-4-12-38)19-1-2-20-46(27-9-31-49(35-17-43)23-5-13-39)28-10-32-50(36-18-44)24-6-14-40/h1-44H2. The lowest BCUT2D eigenvalue weighted by Crippen LogP contribution is -2.37. The van der Waals surface area contributed by atoms with Crippen molar-refractivity contribution in [3.05, 3.63) is 0 Å². The predicted molar refractivity (Wildman–Crippen MR) is 217 cm³/mol. The molecule has 0 radical (unpaired) electrons. The maximum Gasteiger partial charge on any atom is 0.0105 e. The molecule has 0 aliphatic rings. The van der Waals surface area contributed by atoms with E-state index in [1.165, 1.54) is 12.8 Å². The number of hydrogen-bond donors (Lipinski definition) is 8. The zero-order valence-electron chi connectivity index (χ0n) is 32.8. The first-order valence-electron chi connectivity index (χ1n) is 20.5. The zero-order chi connectivity index (χ0) is 36.9. The Labute approximate surface area is 309 Å². The lowest BCUT2D eigenvalue weighted by Gasteiger charge is -2.29. The maximum absolute atomic E-state index is 5.91. The van der Waals surface area contributed by atoms with Gasteiger partial charge in [-0.2, -0.15) is 0 Å². The van der Waals surface area contributed by atoms with Gasteiger partial charge >= 0.3 is 0 Å². The fraction of sp³-hybridized carbons (Fsp3) is 1.00. The second-order valence-corrected chi connectivity index (χ2v) is 13.9. The molecule has 0 bridgehead atoms. The third-order valence-corrected chi connectivity index (χ3v) is 9.49. The first-order valence-corrected chi connectivity index (χ1v) is 20.5. The molecule has 0 aliphatic heterocycles. The van der Waals surface area contributed by atoms with Crippen LogP contribution >= 0.6 is 0 Å². The van der Waals surface area contributed by atoms with Gasteiger partial charge in [-0.25, -0.2) is 0 Å². The lowest BCUT2D eigenvalue weighted by atomic mass is 10.2. The maximum atomic E-state index is 5.91. The van der Waals surface area contributed by atoms with Crippen LogP contribution in [0.1, 0.15) is 64.2 Å². The Balaban J connectivity index is 5.24. The summed E-state index contributed by atoms with van der Waals surface area (Å²) in [6.07, 6.45) is 11.1. The third kappa shape index (κ3) is 30.0. The minimum absolute atomic E-state index is 0.696. The number of nitrogens with zero attached hydrogens (tertiary/aromatic N) is 6. The molecule has 0 aromatic rings. The highest BCUT2D eigenvalue weighted by Crippen LogP contribution is 2.07. The summed E-state index contributed by atoms with van der Waals surface area (Å²) in [7, 11) is 0. The molecule has 16 N–H and O–H groups in total. The van der Waals surface area contributed by atoms with Gasteiger partial charge in [-0.15, -0.1) is 0 Å². The van der Waals surface area contributed by atoms with Gasteiger partial charge in [-0.3, -0.25) is 0 Å². The Morgan fingerprint density at radius 2 is 0.320 bits per heavy atom. The van der Waals surface area contributed by atoms with E-state index in [2.05, 4.69) is 29.4 Å². The Hall–Kier alpha value is -0.560. The molecule has 0 rings (SSSR count). The first kappa shape index (κ1) is 49.4. The highest BCUT2D eigenvalue weighted by Gasteiger charge is 2.13. The molecule has 0 amide bonds. The van der Waals surface area contributed by atoms with E-state index in [1.54, 1.807) is 0 Å². The van der Waals surface area contributed by atoms with E-state index in [1.807, 2.05) is 0 Å². The lowest BCUT2D eigenvalue weighted by molar-refractivity contribution is 0.193. The van der Waals surface area contributed by atoms with Gasteiger partial charge in [0, 0.05) is 52.4 Å². The van der Waals surface area contributed by atoms with Crippen molar-refractivity contribution in [1.29, 1.82) is 0 Å². The summed E-state index contributed by atoms with van der Waals surface area (Å²) in [5.41, 5.74) is 46.9. The van der Waals surface area contributed by atoms with Gasteiger partial charge in [-0.05, 0) is 182 Å². The van der Waals surface area contributed by atoms with Gasteiger partial charge < -0.3 is 75.3 Å². The molecule has 0 fully saturated rings. The zero-order valence-corrected chi connectivity index (χ0v) is 32.8. The third-order valence-electron chi connectivity index (χ3n) is 9.49. The molecule has 0 aliphatic carbocycles. The Morgan fingerprint density at radius 1 is 0.160 bits per heavy atom. The van der Waals surface area contributed by atoms with Crippen LogP contribution in [-0.2, 0) is 0 Å². The van der Waals surface area contributed by atoms with E-state index in [9.17, 15) is 0 Å². The summed E-state index contributed by atoms with van der Waals surface area (Å²) in [5.74, 6) is 0. The summed E-state index contributed by atoms with van der Waals surface area (Å²) >= 11 is 0. The molecule has 0 unspecified atom stereocenters. The van der Waals surface area contributed by atoms with Gasteiger partial charge in [0.2, 0.25) is 0 Å². The predicted octanol–water partition coefficient (Wildman–Crippen LogP) is -1.63. The number of unbranched alkanes of at least 4 members (excludes halogenated alkanes) is 1. The Kier molecular flexibility index (Phi) is 37.7. The largest absolute Gasteiger partial charge is 0.330 e. The number of nitrogens with two attached hydrogens (primary N) is 8. The summed E-state index contributed by atoms with van der Waals surface area (Å²) in [5, 5.41) is 0. The van der Waals surface area contributed by atoms with Crippen molar-refractivity contribution < 1.29 is 0 Å². The minimum atomic E-state index is 0.696. The monoisotopic (exact) mass is 717 g/mol. The smallest absolute Gasteiger partial charge is 0.0105 e. The molecule has 0 aromatic carbocycles. The van der Waals surface area contributed by atoms with E-state index < -0.39 is 0 Å². The summed E-state index contributed by atoms with van der Waals surface area (Å²) in [4.78, 5) is 15.3. The Morgan fingerprint density at radius 3 is 0.500 bits per heavy atom. The SMILES string of the molecule is NCCCN(CCN)CCCN(CCCCN(CCCN(CCN)CCCN)CCCN(CCN)CCCN)CCCN(CCN)CCCN. The quantitative estimate of drug-likeness (QED) is 0.0333. The van der Waals surface area contributed by atoms with E-state index >= 15 is 0 Å². The fourth-order valence-corrected chi connectivity index (χ4v) is 6.74. The van der Waals surface area contributed by atoms with Crippen molar-refractivity contribution in [2.24, 2.45) is 45.9 Å². The van der Waals surface area contributed by atoms with Crippen molar-refractivity contribution in [2.75, 3.05) is 170 Å². The van der Waals surface area contributed by atoms with Crippen molar-refractivity contribution in [3.8, 4) is 0 Å². The van der Waals surface area contributed by atoms with Crippen LogP contribution in [0.4, 0.5) is 0 Å². The molecular weight excluding hydrogens is 628 g/mol.